The summed E-state index contributed by atoms with van der Waals surface area (Å²) in [5, 5.41) is 8.92. The van der Waals surface area contributed by atoms with Gasteiger partial charge in [0.2, 0.25) is 0 Å². The van der Waals surface area contributed by atoms with Gasteiger partial charge < -0.3 is 10.6 Å². The van der Waals surface area contributed by atoms with E-state index in [-0.39, 0.29) is 20.1 Å². The van der Waals surface area contributed by atoms with Gasteiger partial charge in [0.25, 0.3) is 0 Å². The zero-order chi connectivity index (χ0) is 13.4. The molecular formula is C18H13IrN2-. The molecule has 2 heterocycles. The maximum absolute atomic E-state index is 3.35. The van der Waals surface area contributed by atoms with Crippen LogP contribution in [0.25, 0.3) is 24.0 Å². The first-order valence-electron chi connectivity index (χ1n) is 6.64. The Labute approximate surface area is 136 Å². The predicted octanol–water partition coefficient (Wildman–Crippen LogP) is 1.53. The molecule has 105 valence electrons. The first kappa shape index (κ1) is 13.9. The van der Waals surface area contributed by atoms with Crippen LogP contribution in [-0.2, 0) is 20.1 Å². The molecule has 0 atom stereocenters. The number of fused-ring (bicyclic) bond motifs is 3. The van der Waals surface area contributed by atoms with Gasteiger partial charge in [-0.1, -0.05) is 12.1 Å². The third-order valence-corrected chi connectivity index (χ3v) is 3.63. The molecule has 0 bridgehead atoms. The minimum absolute atomic E-state index is 0. The molecule has 0 spiro atoms. The maximum Gasteiger partial charge on any atom is 0.00838 e. The molecule has 0 aliphatic carbocycles. The summed E-state index contributed by atoms with van der Waals surface area (Å²) in [7, 11) is 0. The van der Waals surface area contributed by atoms with Crippen molar-refractivity contribution in [2.24, 2.45) is 0 Å². The number of hydrogen-bond acceptors (Lipinski definition) is 2. The van der Waals surface area contributed by atoms with E-state index in [0.29, 0.717) is 0 Å². The van der Waals surface area contributed by atoms with Crippen molar-refractivity contribution >= 4 is 24.0 Å². The molecule has 1 radical (unpaired) electrons. The van der Waals surface area contributed by atoms with Crippen LogP contribution in [0.4, 0.5) is 0 Å². The second-order valence-electron chi connectivity index (χ2n) is 4.80. The molecule has 0 saturated carbocycles. The second kappa shape index (κ2) is 5.72. The summed E-state index contributed by atoms with van der Waals surface area (Å²) in [6, 6.07) is 15.6. The zero-order valence-corrected chi connectivity index (χ0v) is 13.6. The van der Waals surface area contributed by atoms with Gasteiger partial charge in [-0.3, -0.25) is 0 Å². The van der Waals surface area contributed by atoms with Gasteiger partial charge in [-0.15, -0.1) is 35.9 Å². The number of benzene rings is 2. The molecule has 2 N–H and O–H groups in total. The van der Waals surface area contributed by atoms with E-state index in [0.717, 1.165) is 11.3 Å². The smallest absolute Gasteiger partial charge is 0.00838 e. The molecule has 2 aliphatic rings. The Kier molecular flexibility index (Phi) is 3.78. The molecule has 0 amide bonds. The third kappa shape index (κ3) is 2.35. The van der Waals surface area contributed by atoms with E-state index in [1.165, 1.54) is 21.6 Å². The summed E-state index contributed by atoms with van der Waals surface area (Å²) < 4.78 is 0. The van der Waals surface area contributed by atoms with Crippen molar-refractivity contribution in [1.82, 2.24) is 10.6 Å². The van der Waals surface area contributed by atoms with E-state index in [2.05, 4.69) is 47.1 Å². The summed E-state index contributed by atoms with van der Waals surface area (Å²) in [6.07, 6.45) is 10.2. The number of nitrogens with one attached hydrogen (secondary N) is 2. The Hall–Kier alpha value is -2.09. The van der Waals surface area contributed by atoms with Gasteiger partial charge >= 0.3 is 0 Å². The molecule has 21 heavy (non-hydrogen) atoms. The molecule has 0 unspecified atom stereocenters. The van der Waals surface area contributed by atoms with Gasteiger partial charge in [0.15, 0.2) is 0 Å². The van der Waals surface area contributed by atoms with E-state index >= 15 is 0 Å². The summed E-state index contributed by atoms with van der Waals surface area (Å²) in [4.78, 5) is 0. The summed E-state index contributed by atoms with van der Waals surface area (Å²) in [5.41, 5.74) is 4.70. The van der Waals surface area contributed by atoms with Crippen molar-refractivity contribution in [3.05, 3.63) is 82.0 Å². The topological polar surface area (TPSA) is 24.1 Å². The zero-order valence-electron chi connectivity index (χ0n) is 11.2. The molecule has 2 aromatic rings. The molecule has 0 fully saturated rings. The van der Waals surface area contributed by atoms with Crippen LogP contribution >= 0.6 is 0 Å². The van der Waals surface area contributed by atoms with Gasteiger partial charge in [-0.05, 0) is 45.6 Å². The Balaban J connectivity index is 0.00000132. The Bertz CT molecular complexity index is 849. The second-order valence-corrected chi connectivity index (χ2v) is 4.80. The predicted molar refractivity (Wildman–Crippen MR) is 82.3 cm³/mol. The van der Waals surface area contributed by atoms with Crippen LogP contribution in [-0.4, -0.2) is 0 Å². The molecule has 2 aliphatic heterocycles. The van der Waals surface area contributed by atoms with E-state index in [9.17, 15) is 0 Å². The first-order chi connectivity index (χ1) is 9.93. The molecule has 2 aromatic carbocycles. The average molecular weight is 450 g/mol. The standard InChI is InChI=1S/C18H13N2.Ir/c1-2-4-13(5-3-1)18-17-7-6-14-12-19-10-8-15(14)16(17)9-11-20-18;/h1-4,6-12,19-20H;/q-1;. The average Bonchev–Trinajstić information content (AvgIpc) is 2.55. The van der Waals surface area contributed by atoms with Crippen LogP contribution in [0.5, 0.6) is 0 Å². The quantitative estimate of drug-likeness (QED) is 0.646. The maximum atomic E-state index is 3.35. The minimum Gasteiger partial charge on any atom is -0.400 e. The third-order valence-electron chi connectivity index (χ3n) is 3.63. The molecule has 4 rings (SSSR count). The van der Waals surface area contributed by atoms with Gasteiger partial charge in [-0.25, -0.2) is 0 Å². The van der Waals surface area contributed by atoms with E-state index in [1.807, 2.05) is 36.8 Å². The first-order valence-corrected chi connectivity index (χ1v) is 6.64. The molecule has 2 nitrogen and oxygen atoms in total. The summed E-state index contributed by atoms with van der Waals surface area (Å²) in [6.45, 7) is 0. The Morgan fingerprint density at radius 3 is 2.67 bits per heavy atom. The molecule has 0 aromatic heterocycles. The van der Waals surface area contributed by atoms with Crippen molar-refractivity contribution in [2.45, 2.75) is 0 Å². The van der Waals surface area contributed by atoms with Crippen molar-refractivity contribution in [2.75, 3.05) is 0 Å². The Morgan fingerprint density at radius 2 is 1.81 bits per heavy atom. The van der Waals surface area contributed by atoms with Crippen LogP contribution in [0.1, 0.15) is 16.7 Å². The fourth-order valence-corrected chi connectivity index (χ4v) is 2.69. The fourth-order valence-electron chi connectivity index (χ4n) is 2.69. The van der Waals surface area contributed by atoms with Crippen molar-refractivity contribution in [3.63, 3.8) is 0 Å². The van der Waals surface area contributed by atoms with Crippen molar-refractivity contribution in [1.29, 1.82) is 0 Å². The molecule has 3 heteroatoms. The van der Waals surface area contributed by atoms with Gasteiger partial charge in [0.1, 0.15) is 0 Å². The van der Waals surface area contributed by atoms with Crippen LogP contribution in [0.3, 0.4) is 0 Å². The molecular weight excluding hydrogens is 436 g/mol. The van der Waals surface area contributed by atoms with Crippen molar-refractivity contribution in [3.8, 4) is 0 Å². The largest absolute Gasteiger partial charge is 0.400 e. The van der Waals surface area contributed by atoms with Crippen LogP contribution in [0, 0.1) is 6.07 Å². The number of hydrogen-bond donors (Lipinski definition) is 2. The summed E-state index contributed by atoms with van der Waals surface area (Å²) >= 11 is 0. The van der Waals surface area contributed by atoms with Gasteiger partial charge in [0.05, 0.1) is 0 Å². The van der Waals surface area contributed by atoms with Crippen LogP contribution in [0.15, 0.2) is 48.8 Å². The van der Waals surface area contributed by atoms with Crippen LogP contribution in [0.2, 0.25) is 0 Å². The summed E-state index contributed by atoms with van der Waals surface area (Å²) in [5.74, 6) is 0. The Morgan fingerprint density at radius 1 is 0.905 bits per heavy atom. The van der Waals surface area contributed by atoms with Crippen molar-refractivity contribution < 1.29 is 20.1 Å². The van der Waals surface area contributed by atoms with E-state index in [4.69, 9.17) is 0 Å². The number of rotatable bonds is 1. The minimum atomic E-state index is 0. The fraction of sp³-hybridized carbons (Fsp3) is 0. The SMILES string of the molecule is [Ir].[c-]1ccccc1C1=c2ccc3c(c2C=CN1)C=CNC=3. The monoisotopic (exact) mass is 450 g/mol. The van der Waals surface area contributed by atoms with E-state index in [1.54, 1.807) is 0 Å². The van der Waals surface area contributed by atoms with Gasteiger partial charge in [-0.2, -0.15) is 0 Å². The van der Waals surface area contributed by atoms with Crippen LogP contribution < -0.4 is 21.1 Å². The normalized spacial score (nSPS) is 14.0. The molecule has 0 saturated heterocycles. The van der Waals surface area contributed by atoms with E-state index < -0.39 is 0 Å². The van der Waals surface area contributed by atoms with Gasteiger partial charge in [0, 0.05) is 32.5 Å².